The van der Waals surface area contributed by atoms with E-state index in [4.69, 9.17) is 0 Å². The van der Waals surface area contributed by atoms with E-state index in [0.717, 1.165) is 18.9 Å². The molecule has 7 nitrogen and oxygen atoms in total. The molecule has 1 N–H and O–H groups in total. The Kier molecular flexibility index (Phi) is 4.40. The number of nitro groups is 2. The molecule has 3 unspecified atom stereocenters. The lowest BCUT2D eigenvalue weighted by atomic mass is 9.78. The molecule has 0 spiro atoms. The first-order chi connectivity index (χ1) is 9.90. The van der Waals surface area contributed by atoms with Crippen molar-refractivity contribution in [3.8, 4) is 0 Å². The molecule has 2 rings (SSSR count). The minimum absolute atomic E-state index is 0.161. The van der Waals surface area contributed by atoms with Crippen molar-refractivity contribution in [3.63, 3.8) is 0 Å². The fourth-order valence-corrected chi connectivity index (χ4v) is 2.89. The van der Waals surface area contributed by atoms with Gasteiger partial charge in [-0.15, -0.1) is 0 Å². The van der Waals surface area contributed by atoms with Crippen molar-refractivity contribution >= 4 is 17.1 Å². The van der Waals surface area contributed by atoms with Crippen LogP contribution in [0.3, 0.4) is 0 Å². The molecule has 1 aliphatic carbocycles. The maximum Gasteiger partial charge on any atom is 0.299 e. The van der Waals surface area contributed by atoms with Crippen molar-refractivity contribution in [2.24, 2.45) is 11.8 Å². The van der Waals surface area contributed by atoms with Crippen molar-refractivity contribution in [2.75, 3.05) is 5.32 Å². The number of nitro benzene ring substituents is 2. The fourth-order valence-electron chi connectivity index (χ4n) is 2.89. The molecule has 21 heavy (non-hydrogen) atoms. The number of non-ortho nitro benzene ring substituents is 1. The molecule has 114 valence electrons. The zero-order chi connectivity index (χ0) is 15.6. The molecule has 7 heteroatoms. The van der Waals surface area contributed by atoms with Gasteiger partial charge in [-0.1, -0.05) is 26.7 Å². The molecule has 1 aliphatic rings. The van der Waals surface area contributed by atoms with Crippen molar-refractivity contribution in [1.82, 2.24) is 0 Å². The zero-order valence-electron chi connectivity index (χ0n) is 12.1. The highest BCUT2D eigenvalue weighted by Gasteiger charge is 2.29. The van der Waals surface area contributed by atoms with Crippen molar-refractivity contribution in [2.45, 2.75) is 39.2 Å². The van der Waals surface area contributed by atoms with Crippen LogP contribution in [0.15, 0.2) is 18.2 Å². The van der Waals surface area contributed by atoms with Crippen LogP contribution in [0.2, 0.25) is 0 Å². The Balaban J connectivity index is 2.27. The van der Waals surface area contributed by atoms with E-state index >= 15 is 0 Å². The summed E-state index contributed by atoms with van der Waals surface area (Å²) in [5, 5.41) is 25.1. The highest BCUT2D eigenvalue weighted by molar-refractivity contribution is 5.65. The Labute approximate surface area is 122 Å². The highest BCUT2D eigenvalue weighted by Crippen LogP contribution is 2.35. The van der Waals surface area contributed by atoms with Crippen LogP contribution >= 0.6 is 0 Å². The zero-order valence-corrected chi connectivity index (χ0v) is 12.1. The quantitative estimate of drug-likeness (QED) is 0.673. The molecular weight excluding hydrogens is 274 g/mol. The Hall–Kier alpha value is -2.18. The predicted octanol–water partition coefficient (Wildman–Crippen LogP) is 3.74. The van der Waals surface area contributed by atoms with E-state index in [-0.39, 0.29) is 17.4 Å². The van der Waals surface area contributed by atoms with Crippen molar-refractivity contribution < 1.29 is 9.85 Å². The largest absolute Gasteiger partial charge is 0.376 e. The van der Waals surface area contributed by atoms with E-state index in [2.05, 4.69) is 19.2 Å². The van der Waals surface area contributed by atoms with Crippen LogP contribution in [0.4, 0.5) is 17.1 Å². The van der Waals surface area contributed by atoms with E-state index in [1.807, 2.05) is 0 Å². The first kappa shape index (κ1) is 15.2. The van der Waals surface area contributed by atoms with E-state index in [9.17, 15) is 20.2 Å². The van der Waals surface area contributed by atoms with Gasteiger partial charge in [-0.3, -0.25) is 20.2 Å². The topological polar surface area (TPSA) is 98.3 Å². The second kappa shape index (κ2) is 6.07. The maximum atomic E-state index is 11.1. The third-order valence-corrected chi connectivity index (χ3v) is 4.44. The molecule has 1 aromatic rings. The third-order valence-electron chi connectivity index (χ3n) is 4.44. The average molecular weight is 293 g/mol. The molecule has 0 saturated heterocycles. The molecule has 3 atom stereocenters. The van der Waals surface area contributed by atoms with Crippen LogP contribution in [-0.4, -0.2) is 15.9 Å². The predicted molar refractivity (Wildman–Crippen MR) is 79.3 cm³/mol. The second-order valence-corrected chi connectivity index (χ2v) is 5.73. The molecule has 0 amide bonds. The monoisotopic (exact) mass is 293 g/mol. The summed E-state index contributed by atoms with van der Waals surface area (Å²) >= 11 is 0. The van der Waals surface area contributed by atoms with Gasteiger partial charge in [0.05, 0.1) is 15.9 Å². The number of benzene rings is 1. The first-order valence-electron chi connectivity index (χ1n) is 7.09. The van der Waals surface area contributed by atoms with Gasteiger partial charge in [0.2, 0.25) is 0 Å². The molecule has 0 bridgehead atoms. The van der Waals surface area contributed by atoms with E-state index in [1.54, 1.807) is 0 Å². The number of hydrogen-bond acceptors (Lipinski definition) is 5. The number of anilines is 1. The van der Waals surface area contributed by atoms with Crippen molar-refractivity contribution in [3.05, 3.63) is 38.4 Å². The Morgan fingerprint density at radius 3 is 2.48 bits per heavy atom. The van der Waals surface area contributed by atoms with Crippen LogP contribution in [0.5, 0.6) is 0 Å². The summed E-state index contributed by atoms with van der Waals surface area (Å²) in [4.78, 5) is 20.7. The highest BCUT2D eigenvalue weighted by atomic mass is 16.6. The van der Waals surface area contributed by atoms with Crippen LogP contribution in [0, 0.1) is 32.1 Å². The molecule has 0 radical (unpaired) electrons. The maximum absolute atomic E-state index is 11.1. The summed E-state index contributed by atoms with van der Waals surface area (Å²) in [5.74, 6) is 0.974. The summed E-state index contributed by atoms with van der Waals surface area (Å²) < 4.78 is 0. The Morgan fingerprint density at radius 2 is 1.86 bits per heavy atom. The molecule has 1 fully saturated rings. The SMILES string of the molecule is CC1CCCC(Nc2ccc([N+](=O)[O-])cc2[N+](=O)[O-])C1C. The second-order valence-electron chi connectivity index (χ2n) is 5.73. The molecule has 0 heterocycles. The molecule has 1 saturated carbocycles. The van der Waals surface area contributed by atoms with Gasteiger partial charge >= 0.3 is 0 Å². The molecule has 0 aliphatic heterocycles. The van der Waals surface area contributed by atoms with Gasteiger partial charge in [0, 0.05) is 12.1 Å². The Morgan fingerprint density at radius 1 is 1.14 bits per heavy atom. The summed E-state index contributed by atoms with van der Waals surface area (Å²) in [7, 11) is 0. The minimum Gasteiger partial charge on any atom is -0.376 e. The summed E-state index contributed by atoms with van der Waals surface area (Å²) in [6, 6.07) is 3.90. The van der Waals surface area contributed by atoms with E-state index < -0.39 is 9.85 Å². The molecular formula is C14H19N3O4. The van der Waals surface area contributed by atoms with Crippen LogP contribution in [-0.2, 0) is 0 Å². The third kappa shape index (κ3) is 3.29. The smallest absolute Gasteiger partial charge is 0.299 e. The lowest BCUT2D eigenvalue weighted by Crippen LogP contribution is -2.35. The van der Waals surface area contributed by atoms with E-state index in [0.29, 0.717) is 17.5 Å². The lowest BCUT2D eigenvalue weighted by Gasteiger charge is -2.35. The van der Waals surface area contributed by atoms with Gasteiger partial charge in [0.1, 0.15) is 5.69 Å². The summed E-state index contributed by atoms with van der Waals surface area (Å²) in [6.45, 7) is 4.32. The fraction of sp³-hybridized carbons (Fsp3) is 0.571. The van der Waals surface area contributed by atoms with Crippen LogP contribution < -0.4 is 5.32 Å². The molecule has 0 aromatic heterocycles. The minimum atomic E-state index is -0.623. The van der Waals surface area contributed by atoms with Gasteiger partial charge in [-0.05, 0) is 24.3 Å². The van der Waals surface area contributed by atoms with Crippen molar-refractivity contribution in [1.29, 1.82) is 0 Å². The van der Waals surface area contributed by atoms with Gasteiger partial charge in [0.25, 0.3) is 11.4 Å². The molecule has 1 aromatic carbocycles. The van der Waals surface area contributed by atoms with Gasteiger partial charge < -0.3 is 5.32 Å². The van der Waals surface area contributed by atoms with Crippen LogP contribution in [0.25, 0.3) is 0 Å². The van der Waals surface area contributed by atoms with Gasteiger partial charge in [0.15, 0.2) is 0 Å². The average Bonchev–Trinajstić information content (AvgIpc) is 2.43. The first-order valence-corrected chi connectivity index (χ1v) is 7.09. The lowest BCUT2D eigenvalue weighted by molar-refractivity contribution is -0.393. The summed E-state index contributed by atoms with van der Waals surface area (Å²) in [5.41, 5.74) is -0.150. The number of nitrogens with one attached hydrogen (secondary N) is 1. The normalized spacial score (nSPS) is 25.3. The Bertz CT molecular complexity index is 561. The standard InChI is InChI=1S/C14H19N3O4/c1-9-4-3-5-12(10(9)2)15-13-7-6-11(16(18)19)8-14(13)17(20)21/h6-10,12,15H,3-5H2,1-2H3. The number of nitrogens with zero attached hydrogens (tertiary/aromatic N) is 2. The van der Waals surface area contributed by atoms with Crippen LogP contribution in [0.1, 0.15) is 33.1 Å². The van der Waals surface area contributed by atoms with Gasteiger partial charge in [-0.2, -0.15) is 0 Å². The number of rotatable bonds is 4. The van der Waals surface area contributed by atoms with Gasteiger partial charge in [-0.25, -0.2) is 0 Å². The van der Waals surface area contributed by atoms with E-state index in [1.165, 1.54) is 18.6 Å². The summed E-state index contributed by atoms with van der Waals surface area (Å²) in [6.07, 6.45) is 3.21. The number of hydrogen-bond donors (Lipinski definition) is 1.